The number of aromatic nitrogens is 1. The summed E-state index contributed by atoms with van der Waals surface area (Å²) in [5.74, 6) is 0.129. The molecule has 3 aromatic rings. The number of amides is 1. The maximum atomic E-state index is 12.7. The number of halogens is 1. The molecule has 4 nitrogen and oxygen atoms in total. The lowest BCUT2D eigenvalue weighted by atomic mass is 10.2. The number of fused-ring (bicyclic) bond motifs is 1. The Bertz CT molecular complexity index is 931. The van der Waals surface area contributed by atoms with Gasteiger partial charge in [0.05, 0.1) is 15.8 Å². The number of hydrogen-bond acceptors (Lipinski definition) is 4. The van der Waals surface area contributed by atoms with Crippen molar-refractivity contribution in [2.24, 2.45) is 0 Å². The molecule has 2 aromatic carbocycles. The molecule has 0 radical (unpaired) electrons. The molecule has 0 unspecified atom stereocenters. The summed E-state index contributed by atoms with van der Waals surface area (Å²) in [6.07, 6.45) is 0. The summed E-state index contributed by atoms with van der Waals surface area (Å²) in [5.41, 5.74) is 3.11. The molecule has 1 aromatic heterocycles. The summed E-state index contributed by atoms with van der Waals surface area (Å²) in [7, 11) is 0. The lowest BCUT2D eigenvalue weighted by molar-refractivity contribution is 0.0745. The first-order valence-electron chi connectivity index (χ1n) is 8.28. The van der Waals surface area contributed by atoms with Crippen LogP contribution in [0, 0.1) is 10.5 Å². The van der Waals surface area contributed by atoms with E-state index in [9.17, 15) is 4.79 Å². The highest BCUT2D eigenvalue weighted by molar-refractivity contribution is 14.1. The summed E-state index contributed by atoms with van der Waals surface area (Å²) >= 11 is 3.97. The third-order valence-electron chi connectivity index (χ3n) is 4.55. The Kier molecular flexibility index (Phi) is 4.64. The summed E-state index contributed by atoms with van der Waals surface area (Å²) in [6, 6.07) is 14.1. The molecule has 1 aliphatic rings. The molecule has 128 valence electrons. The average molecular weight is 463 g/mol. The number of aryl methyl sites for hydroxylation is 1. The van der Waals surface area contributed by atoms with Crippen molar-refractivity contribution in [1.82, 2.24) is 9.88 Å². The Morgan fingerprint density at radius 2 is 1.84 bits per heavy atom. The van der Waals surface area contributed by atoms with E-state index in [0.29, 0.717) is 0 Å². The fraction of sp³-hybridized carbons (Fsp3) is 0.263. The van der Waals surface area contributed by atoms with E-state index in [0.717, 1.165) is 46.0 Å². The molecule has 0 N–H and O–H groups in total. The minimum Gasteiger partial charge on any atom is -0.345 e. The monoisotopic (exact) mass is 463 g/mol. The predicted octanol–water partition coefficient (Wildman–Crippen LogP) is 4.17. The Labute approximate surface area is 164 Å². The first-order valence-corrected chi connectivity index (χ1v) is 10.2. The summed E-state index contributed by atoms with van der Waals surface area (Å²) in [6.45, 7) is 5.23. The summed E-state index contributed by atoms with van der Waals surface area (Å²) in [4.78, 5) is 21.8. The van der Waals surface area contributed by atoms with Gasteiger partial charge in [-0.1, -0.05) is 35.6 Å². The molecule has 6 heteroatoms. The Morgan fingerprint density at radius 1 is 1.08 bits per heavy atom. The third kappa shape index (κ3) is 3.25. The molecule has 1 aliphatic heterocycles. The second-order valence-electron chi connectivity index (χ2n) is 6.18. The van der Waals surface area contributed by atoms with Gasteiger partial charge in [0.25, 0.3) is 5.91 Å². The van der Waals surface area contributed by atoms with E-state index in [4.69, 9.17) is 4.98 Å². The molecular weight excluding hydrogens is 445 g/mol. The molecule has 1 fully saturated rings. The van der Waals surface area contributed by atoms with Gasteiger partial charge in [-0.3, -0.25) is 4.79 Å². The molecule has 0 aliphatic carbocycles. The van der Waals surface area contributed by atoms with Crippen molar-refractivity contribution in [2.75, 3.05) is 31.1 Å². The van der Waals surface area contributed by atoms with Crippen LogP contribution in [0.3, 0.4) is 0 Å². The maximum absolute atomic E-state index is 12.7. The van der Waals surface area contributed by atoms with Gasteiger partial charge >= 0.3 is 0 Å². The number of piperazine rings is 1. The lowest BCUT2D eigenvalue weighted by Gasteiger charge is -2.34. The predicted molar refractivity (Wildman–Crippen MR) is 112 cm³/mol. The molecule has 2 heterocycles. The topological polar surface area (TPSA) is 36.4 Å². The standard InChI is InChI=1S/C19H18IN3OS/c1-13-5-4-8-16-17(13)21-19(25-16)23-11-9-22(10-12-23)18(24)14-6-2-3-7-15(14)20/h2-8H,9-12H2,1H3. The highest BCUT2D eigenvalue weighted by Crippen LogP contribution is 2.31. The van der Waals surface area contributed by atoms with Crippen LogP contribution in [0.1, 0.15) is 15.9 Å². The highest BCUT2D eigenvalue weighted by atomic mass is 127. The largest absolute Gasteiger partial charge is 0.345 e. The van der Waals surface area contributed by atoms with Crippen molar-refractivity contribution >= 4 is 55.2 Å². The van der Waals surface area contributed by atoms with Gasteiger partial charge in [0, 0.05) is 29.7 Å². The number of para-hydroxylation sites is 1. The normalized spacial score (nSPS) is 15.0. The van der Waals surface area contributed by atoms with Crippen LogP contribution in [0.25, 0.3) is 10.2 Å². The van der Waals surface area contributed by atoms with Crippen LogP contribution in [0.5, 0.6) is 0 Å². The second kappa shape index (κ2) is 6.92. The third-order valence-corrected chi connectivity index (χ3v) is 6.57. The maximum Gasteiger partial charge on any atom is 0.255 e. The highest BCUT2D eigenvalue weighted by Gasteiger charge is 2.24. The van der Waals surface area contributed by atoms with Gasteiger partial charge in [0.15, 0.2) is 5.13 Å². The summed E-state index contributed by atoms with van der Waals surface area (Å²) < 4.78 is 2.24. The van der Waals surface area contributed by atoms with Crippen LogP contribution in [0.2, 0.25) is 0 Å². The Hall–Kier alpha value is -1.67. The molecule has 0 bridgehead atoms. The number of hydrogen-bond donors (Lipinski definition) is 0. The average Bonchev–Trinajstić information content (AvgIpc) is 3.07. The van der Waals surface area contributed by atoms with Crippen LogP contribution in [0.15, 0.2) is 42.5 Å². The van der Waals surface area contributed by atoms with E-state index in [-0.39, 0.29) is 5.91 Å². The fourth-order valence-corrected chi connectivity index (χ4v) is 4.83. The molecule has 0 saturated carbocycles. The first kappa shape index (κ1) is 16.8. The minimum absolute atomic E-state index is 0.129. The Balaban J connectivity index is 1.48. The zero-order chi connectivity index (χ0) is 17.4. The number of thiazole rings is 1. The van der Waals surface area contributed by atoms with Crippen molar-refractivity contribution < 1.29 is 4.79 Å². The number of rotatable bonds is 2. The zero-order valence-electron chi connectivity index (χ0n) is 13.9. The lowest BCUT2D eigenvalue weighted by Crippen LogP contribution is -2.48. The van der Waals surface area contributed by atoms with Gasteiger partial charge in [-0.05, 0) is 53.3 Å². The molecule has 1 saturated heterocycles. The van der Waals surface area contributed by atoms with Gasteiger partial charge in [-0.2, -0.15) is 0 Å². The van der Waals surface area contributed by atoms with E-state index in [1.807, 2.05) is 29.2 Å². The van der Waals surface area contributed by atoms with E-state index >= 15 is 0 Å². The van der Waals surface area contributed by atoms with Crippen molar-refractivity contribution in [1.29, 1.82) is 0 Å². The first-order chi connectivity index (χ1) is 12.1. The van der Waals surface area contributed by atoms with E-state index in [1.54, 1.807) is 11.3 Å². The number of benzene rings is 2. The number of nitrogens with zero attached hydrogens (tertiary/aromatic N) is 3. The zero-order valence-corrected chi connectivity index (χ0v) is 16.9. The molecule has 0 spiro atoms. The second-order valence-corrected chi connectivity index (χ2v) is 8.35. The van der Waals surface area contributed by atoms with Crippen LogP contribution in [0.4, 0.5) is 5.13 Å². The van der Waals surface area contributed by atoms with Crippen molar-refractivity contribution in [3.63, 3.8) is 0 Å². The Morgan fingerprint density at radius 3 is 2.56 bits per heavy atom. The molecule has 4 rings (SSSR count). The smallest absolute Gasteiger partial charge is 0.255 e. The van der Waals surface area contributed by atoms with E-state index in [2.05, 4.69) is 52.6 Å². The molecule has 1 amide bonds. The van der Waals surface area contributed by atoms with Crippen molar-refractivity contribution in [2.45, 2.75) is 6.92 Å². The van der Waals surface area contributed by atoms with Crippen LogP contribution < -0.4 is 4.90 Å². The minimum atomic E-state index is 0.129. The number of carbonyl (C=O) groups is 1. The van der Waals surface area contributed by atoms with Gasteiger partial charge < -0.3 is 9.80 Å². The SMILES string of the molecule is Cc1cccc2sc(N3CCN(C(=O)c4ccccc4I)CC3)nc12. The van der Waals surface area contributed by atoms with Gasteiger partial charge in [-0.25, -0.2) is 4.98 Å². The quantitative estimate of drug-likeness (QED) is 0.536. The van der Waals surface area contributed by atoms with Crippen LogP contribution in [-0.2, 0) is 0 Å². The van der Waals surface area contributed by atoms with Gasteiger partial charge in [0.2, 0.25) is 0 Å². The summed E-state index contributed by atoms with van der Waals surface area (Å²) in [5, 5.41) is 1.06. The van der Waals surface area contributed by atoms with Gasteiger partial charge in [0.1, 0.15) is 0 Å². The molecular formula is C19H18IN3OS. The number of carbonyl (C=O) groups excluding carboxylic acids is 1. The van der Waals surface area contributed by atoms with Gasteiger partial charge in [-0.15, -0.1) is 0 Å². The fourth-order valence-electron chi connectivity index (χ4n) is 3.12. The van der Waals surface area contributed by atoms with Crippen molar-refractivity contribution in [3.8, 4) is 0 Å². The van der Waals surface area contributed by atoms with E-state index in [1.165, 1.54) is 10.3 Å². The molecule has 0 atom stereocenters. The van der Waals surface area contributed by atoms with Crippen LogP contribution >= 0.6 is 33.9 Å². The van der Waals surface area contributed by atoms with E-state index < -0.39 is 0 Å². The molecule has 25 heavy (non-hydrogen) atoms. The van der Waals surface area contributed by atoms with Crippen molar-refractivity contribution in [3.05, 3.63) is 57.2 Å². The number of anilines is 1. The van der Waals surface area contributed by atoms with Crippen LogP contribution in [-0.4, -0.2) is 42.0 Å².